The molecule has 94 valence electrons. The van der Waals surface area contributed by atoms with Gasteiger partial charge in [-0.2, -0.15) is 11.8 Å². The van der Waals surface area contributed by atoms with Crippen molar-refractivity contribution in [1.82, 2.24) is 0 Å². The third-order valence-corrected chi connectivity index (χ3v) is 5.82. The summed E-state index contributed by atoms with van der Waals surface area (Å²) in [6.07, 6.45) is 6.44. The molecule has 0 radical (unpaired) electrons. The quantitative estimate of drug-likeness (QED) is 0.702. The lowest BCUT2D eigenvalue weighted by Gasteiger charge is -2.20. The maximum Gasteiger partial charge on any atom is 0.175 e. The van der Waals surface area contributed by atoms with Gasteiger partial charge in [0, 0.05) is 10.8 Å². The van der Waals surface area contributed by atoms with Gasteiger partial charge < -0.3 is 0 Å². The third-order valence-electron chi connectivity index (χ3n) is 2.96. The zero-order chi connectivity index (χ0) is 12.3. The zero-order valence-electron chi connectivity index (χ0n) is 9.38. The molecule has 0 bridgehead atoms. The van der Waals surface area contributed by atoms with Crippen LogP contribution >= 0.6 is 46.3 Å². The van der Waals surface area contributed by atoms with Gasteiger partial charge in [-0.3, -0.25) is 4.79 Å². The van der Waals surface area contributed by atoms with E-state index in [0.717, 1.165) is 0 Å². The van der Waals surface area contributed by atoms with Gasteiger partial charge in [0.25, 0.3) is 0 Å². The molecular weight excluding hydrogens is 295 g/mol. The van der Waals surface area contributed by atoms with Gasteiger partial charge in [0.1, 0.15) is 4.34 Å². The Kier molecular flexibility index (Phi) is 5.22. The van der Waals surface area contributed by atoms with Gasteiger partial charge in [0.05, 0.1) is 10.1 Å². The van der Waals surface area contributed by atoms with Crippen LogP contribution < -0.4 is 0 Å². The van der Waals surface area contributed by atoms with Crippen molar-refractivity contribution < 1.29 is 4.79 Å². The lowest BCUT2D eigenvalue weighted by Crippen LogP contribution is -2.12. The summed E-state index contributed by atoms with van der Waals surface area (Å²) in [5.74, 6) is 0.631. The molecule has 1 aliphatic carbocycles. The highest BCUT2D eigenvalue weighted by Crippen LogP contribution is 2.33. The van der Waals surface area contributed by atoms with Gasteiger partial charge in [-0.1, -0.05) is 42.5 Å². The van der Waals surface area contributed by atoms with Crippen LogP contribution in [0.1, 0.15) is 42.5 Å². The number of halogens is 2. The number of rotatable bonds is 4. The first kappa shape index (κ1) is 13.7. The number of Topliss-reactive ketones (excluding diaryl/α,β-unsaturated/α-hetero) is 1. The molecule has 1 aromatic rings. The lowest BCUT2D eigenvalue weighted by atomic mass is 10.0. The Labute approximate surface area is 120 Å². The van der Waals surface area contributed by atoms with Crippen molar-refractivity contribution in [2.75, 3.05) is 5.75 Å². The van der Waals surface area contributed by atoms with E-state index in [1.165, 1.54) is 43.4 Å². The van der Waals surface area contributed by atoms with Crippen LogP contribution in [0, 0.1) is 0 Å². The molecule has 17 heavy (non-hydrogen) atoms. The van der Waals surface area contributed by atoms with E-state index in [2.05, 4.69) is 0 Å². The molecule has 0 aromatic carbocycles. The van der Waals surface area contributed by atoms with E-state index in [4.69, 9.17) is 23.2 Å². The largest absolute Gasteiger partial charge is 0.293 e. The maximum absolute atomic E-state index is 12.0. The molecule has 1 nitrogen and oxygen atoms in total. The van der Waals surface area contributed by atoms with Crippen molar-refractivity contribution in [2.24, 2.45) is 0 Å². The molecule has 0 saturated heterocycles. The van der Waals surface area contributed by atoms with E-state index in [9.17, 15) is 4.79 Å². The second-order valence-corrected chi connectivity index (χ2v) is 7.81. The van der Waals surface area contributed by atoms with Crippen LogP contribution in [-0.4, -0.2) is 16.8 Å². The summed E-state index contributed by atoms with van der Waals surface area (Å²) in [5.41, 5.74) is 0.588. The molecule has 0 unspecified atom stereocenters. The zero-order valence-corrected chi connectivity index (χ0v) is 12.5. The number of thioether (sulfide) groups is 1. The Morgan fingerprint density at radius 2 is 2.06 bits per heavy atom. The van der Waals surface area contributed by atoms with Crippen LogP contribution in [0.25, 0.3) is 0 Å². The van der Waals surface area contributed by atoms with Crippen molar-refractivity contribution in [3.05, 3.63) is 20.3 Å². The Balaban J connectivity index is 1.86. The minimum absolute atomic E-state index is 0.105. The molecule has 0 amide bonds. The summed E-state index contributed by atoms with van der Waals surface area (Å²) in [6.45, 7) is 0. The average Bonchev–Trinajstić information content (AvgIpc) is 2.67. The standard InChI is InChI=1S/C12H14Cl2OS2/c13-11-6-9(12(14)17-11)10(15)7-16-8-4-2-1-3-5-8/h6,8H,1-5,7H2. The van der Waals surface area contributed by atoms with Crippen molar-refractivity contribution in [2.45, 2.75) is 37.4 Å². The second kappa shape index (κ2) is 6.46. The minimum atomic E-state index is 0.105. The molecule has 1 saturated carbocycles. The van der Waals surface area contributed by atoms with Crippen molar-refractivity contribution in [1.29, 1.82) is 0 Å². The summed E-state index contributed by atoms with van der Waals surface area (Å²) >= 11 is 14.8. The van der Waals surface area contributed by atoms with Crippen LogP contribution in [0.4, 0.5) is 0 Å². The molecule has 2 rings (SSSR count). The van der Waals surface area contributed by atoms with E-state index in [1.807, 2.05) is 0 Å². The van der Waals surface area contributed by atoms with Crippen molar-refractivity contribution >= 4 is 52.1 Å². The highest BCUT2D eigenvalue weighted by atomic mass is 35.5. The topological polar surface area (TPSA) is 17.1 Å². The number of hydrogen-bond acceptors (Lipinski definition) is 3. The smallest absolute Gasteiger partial charge is 0.175 e. The highest BCUT2D eigenvalue weighted by molar-refractivity contribution is 8.00. The lowest BCUT2D eigenvalue weighted by molar-refractivity contribution is 0.102. The molecule has 1 aliphatic rings. The van der Waals surface area contributed by atoms with Crippen LogP contribution in [0.3, 0.4) is 0 Å². The van der Waals surface area contributed by atoms with Gasteiger partial charge in [-0.05, 0) is 18.9 Å². The molecule has 1 fully saturated rings. The van der Waals surface area contributed by atoms with Crippen molar-refractivity contribution in [3.8, 4) is 0 Å². The predicted molar refractivity (Wildman–Crippen MR) is 78.0 cm³/mol. The average molecular weight is 309 g/mol. The van der Waals surface area contributed by atoms with Crippen LogP contribution in [0.5, 0.6) is 0 Å². The van der Waals surface area contributed by atoms with E-state index >= 15 is 0 Å². The normalized spacial score (nSPS) is 17.3. The first-order valence-electron chi connectivity index (χ1n) is 5.76. The van der Waals surface area contributed by atoms with E-state index in [0.29, 0.717) is 25.2 Å². The predicted octanol–water partition coefficient (Wildman–Crippen LogP) is 5.30. The molecule has 0 spiro atoms. The molecule has 0 N–H and O–H groups in total. The Bertz CT molecular complexity index is 397. The Morgan fingerprint density at radius 1 is 1.35 bits per heavy atom. The first-order valence-corrected chi connectivity index (χ1v) is 8.38. The fraction of sp³-hybridized carbons (Fsp3) is 0.583. The third kappa shape index (κ3) is 3.88. The number of carbonyl (C=O) groups excluding carboxylic acids is 1. The van der Waals surface area contributed by atoms with Crippen LogP contribution in [0.2, 0.25) is 8.67 Å². The van der Waals surface area contributed by atoms with Gasteiger partial charge in [-0.15, -0.1) is 11.3 Å². The Hall–Kier alpha value is 0.300. The summed E-state index contributed by atoms with van der Waals surface area (Å²) in [6, 6.07) is 1.68. The van der Waals surface area contributed by atoms with Gasteiger partial charge >= 0.3 is 0 Å². The number of thiophene rings is 1. The highest BCUT2D eigenvalue weighted by Gasteiger charge is 2.18. The SMILES string of the molecule is O=C(CSC1CCCCC1)c1cc(Cl)sc1Cl. The van der Waals surface area contributed by atoms with Crippen LogP contribution in [0.15, 0.2) is 6.07 Å². The van der Waals surface area contributed by atoms with Crippen molar-refractivity contribution in [3.63, 3.8) is 0 Å². The fourth-order valence-electron chi connectivity index (χ4n) is 2.03. The molecular formula is C12H14Cl2OS2. The number of hydrogen-bond donors (Lipinski definition) is 0. The van der Waals surface area contributed by atoms with Gasteiger partial charge in [-0.25, -0.2) is 0 Å². The maximum atomic E-state index is 12.0. The number of ketones is 1. The van der Waals surface area contributed by atoms with E-state index in [1.54, 1.807) is 17.8 Å². The van der Waals surface area contributed by atoms with Gasteiger partial charge in [0.15, 0.2) is 5.78 Å². The number of carbonyl (C=O) groups is 1. The summed E-state index contributed by atoms with van der Waals surface area (Å²) < 4.78 is 1.10. The molecule has 0 atom stereocenters. The van der Waals surface area contributed by atoms with Gasteiger partial charge in [0.2, 0.25) is 0 Å². The summed E-state index contributed by atoms with van der Waals surface area (Å²) in [7, 11) is 0. The van der Waals surface area contributed by atoms with E-state index in [-0.39, 0.29) is 5.78 Å². The molecule has 0 aliphatic heterocycles. The minimum Gasteiger partial charge on any atom is -0.293 e. The molecule has 1 aromatic heterocycles. The second-order valence-electron chi connectivity index (χ2n) is 4.23. The monoisotopic (exact) mass is 308 g/mol. The summed E-state index contributed by atoms with van der Waals surface area (Å²) in [4.78, 5) is 12.0. The Morgan fingerprint density at radius 3 is 2.65 bits per heavy atom. The summed E-state index contributed by atoms with van der Waals surface area (Å²) in [5, 5.41) is 0.653. The molecule has 1 heterocycles. The van der Waals surface area contributed by atoms with E-state index < -0.39 is 0 Å². The first-order chi connectivity index (χ1) is 8.16. The van der Waals surface area contributed by atoms with Crippen LogP contribution in [-0.2, 0) is 0 Å². The molecule has 5 heteroatoms. The fourth-order valence-corrected chi connectivity index (χ4v) is 4.74.